The summed E-state index contributed by atoms with van der Waals surface area (Å²) >= 11 is 0. The van der Waals surface area contributed by atoms with Crippen molar-refractivity contribution in [1.29, 1.82) is 0 Å². The average molecular weight is 541 g/mol. The van der Waals surface area contributed by atoms with E-state index < -0.39 is 48.7 Å². The van der Waals surface area contributed by atoms with Gasteiger partial charge in [0.25, 0.3) is 5.91 Å². The number of rotatable bonds is 10. The van der Waals surface area contributed by atoms with Gasteiger partial charge in [-0.1, -0.05) is 12.1 Å². The molecule has 0 aliphatic heterocycles. The van der Waals surface area contributed by atoms with Gasteiger partial charge >= 0.3 is 18.3 Å². The minimum atomic E-state index is -4.51. The summed E-state index contributed by atoms with van der Waals surface area (Å²) in [5, 5.41) is 11.1. The molecule has 1 aromatic heterocycles. The highest BCUT2D eigenvalue weighted by Gasteiger charge is 2.31. The average Bonchev–Trinajstić information content (AvgIpc) is 2.86. The van der Waals surface area contributed by atoms with Crippen LogP contribution in [0.4, 0.5) is 26.3 Å². The van der Waals surface area contributed by atoms with Crippen LogP contribution in [0.1, 0.15) is 46.9 Å². The molecule has 0 aliphatic rings. The van der Waals surface area contributed by atoms with E-state index in [1.54, 1.807) is 0 Å². The van der Waals surface area contributed by atoms with Crippen molar-refractivity contribution in [2.24, 2.45) is 0 Å². The van der Waals surface area contributed by atoms with Crippen molar-refractivity contribution >= 4 is 11.9 Å². The lowest BCUT2D eigenvalue weighted by atomic mass is 10.1. The number of amides is 1. The zero-order valence-electron chi connectivity index (χ0n) is 19.5. The van der Waals surface area contributed by atoms with E-state index in [0.717, 1.165) is 12.1 Å². The summed E-state index contributed by atoms with van der Waals surface area (Å²) in [5.41, 5.74) is -0.156. The summed E-state index contributed by atoms with van der Waals surface area (Å²) in [7, 11) is 0. The molecular weight excluding hydrogens is 520 g/mol. The number of hydrogen-bond donors (Lipinski definition) is 2. The van der Waals surface area contributed by atoms with Crippen molar-refractivity contribution in [3.05, 3.63) is 77.6 Å². The van der Waals surface area contributed by atoms with Gasteiger partial charge in [0, 0.05) is 42.0 Å². The Morgan fingerprint density at radius 2 is 1.53 bits per heavy atom. The van der Waals surface area contributed by atoms with E-state index in [1.807, 2.05) is 0 Å². The number of carbonyl (C=O) groups is 2. The predicted molar refractivity (Wildman–Crippen MR) is 122 cm³/mol. The zero-order chi connectivity index (χ0) is 27.9. The van der Waals surface area contributed by atoms with Crippen LogP contribution in [0.3, 0.4) is 0 Å². The normalized spacial score (nSPS) is 12.6. The third-order valence-corrected chi connectivity index (χ3v) is 5.22. The number of carboxylic acids is 1. The summed E-state index contributed by atoms with van der Waals surface area (Å²) in [6, 6.07) is 9.63. The lowest BCUT2D eigenvalue weighted by Gasteiger charge is -2.20. The lowest BCUT2D eigenvalue weighted by Crippen LogP contribution is -2.25. The quantitative estimate of drug-likeness (QED) is 0.313. The fraction of sp³-hybridized carbons (Fsp3) is 0.280. The number of aromatic nitrogens is 2. The highest BCUT2D eigenvalue weighted by molar-refractivity contribution is 5.94. The number of carbonyl (C=O) groups excluding carboxylic acids is 1. The Morgan fingerprint density at radius 1 is 0.921 bits per heavy atom. The molecule has 1 atom stereocenters. The van der Waals surface area contributed by atoms with Gasteiger partial charge < -0.3 is 15.2 Å². The van der Waals surface area contributed by atoms with E-state index in [-0.39, 0.29) is 41.2 Å². The Kier molecular flexibility index (Phi) is 8.92. The van der Waals surface area contributed by atoms with Gasteiger partial charge in [-0.15, -0.1) is 0 Å². The first-order valence-electron chi connectivity index (χ1n) is 11.1. The Balaban J connectivity index is 1.74. The maximum atomic E-state index is 12.9. The second kappa shape index (κ2) is 11.9. The maximum Gasteiger partial charge on any atom is 0.416 e. The van der Waals surface area contributed by atoms with E-state index >= 15 is 0 Å². The van der Waals surface area contributed by atoms with Crippen LogP contribution in [0, 0.1) is 0 Å². The summed E-state index contributed by atoms with van der Waals surface area (Å²) in [5.74, 6) is -1.37. The van der Waals surface area contributed by atoms with Crippen LogP contribution < -0.4 is 10.1 Å². The third-order valence-electron chi connectivity index (χ3n) is 5.22. The van der Waals surface area contributed by atoms with Gasteiger partial charge in [-0.25, -0.2) is 9.97 Å². The molecular formula is C25H21F6N3O4. The van der Waals surface area contributed by atoms with Gasteiger partial charge in [0.1, 0.15) is 11.9 Å². The molecule has 0 aliphatic carbocycles. The molecule has 0 radical (unpaired) electrons. The van der Waals surface area contributed by atoms with E-state index in [9.17, 15) is 35.9 Å². The monoisotopic (exact) mass is 541 g/mol. The van der Waals surface area contributed by atoms with Crippen LogP contribution in [0.5, 0.6) is 5.75 Å². The van der Waals surface area contributed by atoms with Crippen molar-refractivity contribution < 1.29 is 45.8 Å². The number of alkyl halides is 6. The minimum absolute atomic E-state index is 0.0750. The first-order chi connectivity index (χ1) is 17.8. The number of carboxylic acid groups (broad SMARTS) is 1. The fourth-order valence-corrected chi connectivity index (χ4v) is 3.28. The molecule has 2 N–H and O–H groups in total. The van der Waals surface area contributed by atoms with Crippen LogP contribution in [0.2, 0.25) is 0 Å². The van der Waals surface area contributed by atoms with Gasteiger partial charge in [0.15, 0.2) is 5.82 Å². The maximum absolute atomic E-state index is 12.9. The molecule has 0 spiro atoms. The smallest absolute Gasteiger partial charge is 0.416 e. The first kappa shape index (κ1) is 28.4. The molecule has 0 unspecified atom stereocenters. The Morgan fingerprint density at radius 3 is 2.05 bits per heavy atom. The van der Waals surface area contributed by atoms with Crippen LogP contribution in [-0.2, 0) is 11.0 Å². The van der Waals surface area contributed by atoms with Crippen LogP contribution in [0.15, 0.2) is 60.9 Å². The van der Waals surface area contributed by atoms with E-state index in [4.69, 9.17) is 9.84 Å². The van der Waals surface area contributed by atoms with E-state index in [0.29, 0.717) is 0 Å². The molecule has 7 nitrogen and oxygen atoms in total. The highest BCUT2D eigenvalue weighted by atomic mass is 19.4. The molecule has 202 valence electrons. The van der Waals surface area contributed by atoms with Gasteiger partial charge in [-0.05, 0) is 42.8 Å². The molecule has 3 aromatic rings. The third kappa shape index (κ3) is 8.46. The predicted octanol–water partition coefficient (Wildman–Crippen LogP) is 5.83. The Hall–Kier alpha value is -4.16. The summed E-state index contributed by atoms with van der Waals surface area (Å²) in [6.07, 6.45) is -9.49. The van der Waals surface area contributed by atoms with Crippen LogP contribution in [-0.4, -0.2) is 39.7 Å². The largest absolute Gasteiger partial charge is 0.486 e. The molecule has 38 heavy (non-hydrogen) atoms. The number of ether oxygens (including phenoxy) is 1. The molecule has 1 amide bonds. The number of nitrogens with one attached hydrogen (secondary N) is 1. The molecule has 0 bridgehead atoms. The second-order valence-corrected chi connectivity index (χ2v) is 8.10. The second-order valence-electron chi connectivity index (χ2n) is 8.10. The zero-order valence-corrected chi connectivity index (χ0v) is 19.5. The highest BCUT2D eigenvalue weighted by Crippen LogP contribution is 2.32. The van der Waals surface area contributed by atoms with Crippen molar-refractivity contribution in [1.82, 2.24) is 15.3 Å². The van der Waals surface area contributed by atoms with Gasteiger partial charge in [-0.2, -0.15) is 26.3 Å². The van der Waals surface area contributed by atoms with E-state index in [2.05, 4.69) is 15.3 Å². The number of hydrogen-bond acceptors (Lipinski definition) is 5. The molecule has 1 heterocycles. The molecule has 0 saturated carbocycles. The van der Waals surface area contributed by atoms with Gasteiger partial charge in [0.05, 0.1) is 12.0 Å². The molecule has 0 saturated heterocycles. The Bertz CT molecular complexity index is 1230. The lowest BCUT2D eigenvalue weighted by molar-refractivity contribution is -0.139. The SMILES string of the molecule is O=C(O)CCNC(=O)c1ccc(O[C@H](CCC(F)(F)F)c2cnc(-c3ccc(C(F)(F)F)cc3)nc2)cc1. The Labute approximate surface area is 212 Å². The van der Waals surface area contributed by atoms with Crippen molar-refractivity contribution in [3.63, 3.8) is 0 Å². The van der Waals surface area contributed by atoms with Gasteiger partial charge in [-0.3, -0.25) is 9.59 Å². The molecule has 2 aromatic carbocycles. The first-order valence-corrected chi connectivity index (χ1v) is 11.1. The van der Waals surface area contributed by atoms with Crippen LogP contribution in [0.25, 0.3) is 11.4 Å². The number of nitrogens with zero attached hydrogens (tertiary/aromatic N) is 2. The van der Waals surface area contributed by atoms with Gasteiger partial charge in [0.2, 0.25) is 0 Å². The summed E-state index contributed by atoms with van der Waals surface area (Å²) in [4.78, 5) is 30.8. The molecule has 0 fully saturated rings. The van der Waals surface area contributed by atoms with Crippen molar-refractivity contribution in [2.75, 3.05) is 6.54 Å². The fourth-order valence-electron chi connectivity index (χ4n) is 3.28. The number of aliphatic carboxylic acids is 1. The van der Waals surface area contributed by atoms with Crippen molar-refractivity contribution in [3.8, 4) is 17.1 Å². The summed E-state index contributed by atoms with van der Waals surface area (Å²) in [6.45, 7) is -0.0750. The van der Waals surface area contributed by atoms with Crippen molar-refractivity contribution in [2.45, 2.75) is 37.7 Å². The standard InChI is InChI=1S/C25H21F6N3O4/c26-24(27,28)11-9-20(38-19-7-3-16(4-8-19)23(37)32-12-10-21(35)36)17-13-33-22(34-14-17)15-1-5-18(6-2-15)25(29,30)31/h1-8,13-14,20H,9-12H2,(H,32,37)(H,35,36)/t20-/m1/s1. The number of halogens is 6. The minimum Gasteiger partial charge on any atom is -0.486 e. The van der Waals surface area contributed by atoms with E-state index in [1.165, 1.54) is 48.8 Å². The summed E-state index contributed by atoms with van der Waals surface area (Å²) < 4.78 is 82.8. The number of benzene rings is 2. The molecule has 3 rings (SSSR count). The topological polar surface area (TPSA) is 101 Å². The van der Waals surface area contributed by atoms with Crippen LogP contribution >= 0.6 is 0 Å². The molecule has 13 heteroatoms.